The van der Waals surface area contributed by atoms with E-state index >= 15 is 0 Å². The fourth-order valence-electron chi connectivity index (χ4n) is 2.72. The number of thiophene rings is 1. The van der Waals surface area contributed by atoms with Crippen LogP contribution in [-0.2, 0) is 16.6 Å². The molecule has 0 aliphatic heterocycles. The average molecular weight is 421 g/mol. The van der Waals surface area contributed by atoms with E-state index in [0.29, 0.717) is 29.8 Å². The minimum atomic E-state index is -3.46. The lowest BCUT2D eigenvalue weighted by Crippen LogP contribution is -2.39. The fourth-order valence-corrected chi connectivity index (χ4v) is 4.78. The molecule has 150 valence electrons. The van der Waals surface area contributed by atoms with Crippen molar-refractivity contribution in [2.75, 3.05) is 26.7 Å². The summed E-state index contributed by atoms with van der Waals surface area (Å²) < 4.78 is 33.0. The second-order valence-corrected chi connectivity index (χ2v) is 9.11. The average Bonchev–Trinajstić information content (AvgIpc) is 3.33. The third-order valence-electron chi connectivity index (χ3n) is 3.99. The van der Waals surface area contributed by atoms with Crippen molar-refractivity contribution >= 4 is 38.3 Å². The van der Waals surface area contributed by atoms with Gasteiger partial charge in [0.15, 0.2) is 5.96 Å². The molecule has 3 aromatic rings. The maximum absolute atomic E-state index is 12.1. The minimum Gasteiger partial charge on any atom is -0.459 e. The highest BCUT2D eigenvalue weighted by atomic mass is 32.2. The largest absolute Gasteiger partial charge is 0.459 e. The van der Waals surface area contributed by atoms with Gasteiger partial charge in [-0.15, -0.1) is 11.3 Å². The van der Waals surface area contributed by atoms with Gasteiger partial charge in [-0.05, 0) is 30.5 Å². The number of sulfonamides is 1. The molecule has 9 heteroatoms. The lowest BCUT2D eigenvalue weighted by molar-refractivity contribution is 0.412. The highest BCUT2D eigenvalue weighted by Gasteiger charge is 2.14. The number of hydrogen-bond acceptors (Lipinski definition) is 5. The Balaban J connectivity index is 1.59. The first-order valence-corrected chi connectivity index (χ1v) is 11.4. The zero-order valence-electron chi connectivity index (χ0n) is 15.9. The molecule has 0 radical (unpaired) electrons. The monoisotopic (exact) mass is 420 g/mol. The highest BCUT2D eigenvalue weighted by molar-refractivity contribution is 7.91. The Morgan fingerprint density at radius 3 is 2.79 bits per heavy atom. The van der Waals surface area contributed by atoms with Crippen LogP contribution in [0.4, 0.5) is 0 Å². The summed E-state index contributed by atoms with van der Waals surface area (Å²) in [5.41, 5.74) is 0.857. The number of fused-ring (bicyclic) bond motifs is 1. The number of hydrogen-bond donors (Lipinski definition) is 2. The minimum absolute atomic E-state index is 0.230. The molecule has 0 aliphatic rings. The quantitative estimate of drug-likeness (QED) is 0.332. The summed E-state index contributed by atoms with van der Waals surface area (Å²) in [6.45, 7) is 3.82. The first-order valence-electron chi connectivity index (χ1n) is 8.99. The Morgan fingerprint density at radius 2 is 2.07 bits per heavy atom. The van der Waals surface area contributed by atoms with Crippen LogP contribution in [0.15, 0.2) is 61.5 Å². The molecule has 0 fully saturated rings. The van der Waals surface area contributed by atoms with Crippen molar-refractivity contribution in [3.63, 3.8) is 0 Å². The molecule has 28 heavy (non-hydrogen) atoms. The second-order valence-electron chi connectivity index (χ2n) is 6.17. The number of furan rings is 1. The first kappa shape index (κ1) is 20.4. The summed E-state index contributed by atoms with van der Waals surface area (Å²) in [6.07, 6.45) is 0. The van der Waals surface area contributed by atoms with E-state index in [9.17, 15) is 8.42 Å². The maximum Gasteiger partial charge on any atom is 0.250 e. The zero-order chi connectivity index (χ0) is 20.0. The molecular formula is C19H24N4O3S2. The lowest BCUT2D eigenvalue weighted by Gasteiger charge is -2.21. The van der Waals surface area contributed by atoms with Gasteiger partial charge in [0.25, 0.3) is 0 Å². The standard InChI is InChI=1S/C19H24N4O3S2/c1-3-20-19(21-10-11-22-28(24,25)18-9-6-12-27-18)23(2)14-16-13-15-7-4-5-8-17(15)26-16/h4-9,12-13,22H,3,10-11,14H2,1-2H3,(H,20,21). The van der Waals surface area contributed by atoms with Gasteiger partial charge in [-0.2, -0.15) is 0 Å². The van der Waals surface area contributed by atoms with Crippen LogP contribution in [0, 0.1) is 0 Å². The third kappa shape index (κ3) is 5.12. The van der Waals surface area contributed by atoms with Gasteiger partial charge in [0.1, 0.15) is 15.6 Å². The lowest BCUT2D eigenvalue weighted by atomic mass is 10.2. The summed E-state index contributed by atoms with van der Waals surface area (Å²) >= 11 is 1.19. The Morgan fingerprint density at radius 1 is 1.25 bits per heavy atom. The molecule has 0 unspecified atom stereocenters. The predicted octanol–water partition coefficient (Wildman–Crippen LogP) is 2.87. The molecule has 0 atom stereocenters. The van der Waals surface area contributed by atoms with E-state index in [4.69, 9.17) is 4.42 Å². The topological polar surface area (TPSA) is 86.9 Å². The Hall–Kier alpha value is -2.36. The smallest absolute Gasteiger partial charge is 0.250 e. The van der Waals surface area contributed by atoms with Gasteiger partial charge in [-0.25, -0.2) is 13.1 Å². The highest BCUT2D eigenvalue weighted by Crippen LogP contribution is 2.19. The van der Waals surface area contributed by atoms with Crippen molar-refractivity contribution < 1.29 is 12.8 Å². The van der Waals surface area contributed by atoms with E-state index in [1.807, 2.05) is 49.2 Å². The van der Waals surface area contributed by atoms with Crippen LogP contribution < -0.4 is 10.0 Å². The maximum atomic E-state index is 12.1. The molecule has 2 N–H and O–H groups in total. The van der Waals surface area contributed by atoms with E-state index in [2.05, 4.69) is 15.0 Å². The number of benzene rings is 1. The van der Waals surface area contributed by atoms with Gasteiger partial charge in [0.2, 0.25) is 10.0 Å². The number of nitrogens with one attached hydrogen (secondary N) is 2. The zero-order valence-corrected chi connectivity index (χ0v) is 17.5. The van der Waals surface area contributed by atoms with Crippen molar-refractivity contribution in [3.8, 4) is 0 Å². The van der Waals surface area contributed by atoms with E-state index in [1.54, 1.807) is 17.5 Å². The molecule has 3 rings (SSSR count). The fraction of sp³-hybridized carbons (Fsp3) is 0.316. The second kappa shape index (κ2) is 9.22. The van der Waals surface area contributed by atoms with Gasteiger partial charge in [-0.1, -0.05) is 24.3 Å². The molecule has 0 spiro atoms. The number of aliphatic imine (C=N–C) groups is 1. The summed E-state index contributed by atoms with van der Waals surface area (Å²) in [5, 5.41) is 6.03. The van der Waals surface area contributed by atoms with Crippen LogP contribution in [0.5, 0.6) is 0 Å². The summed E-state index contributed by atoms with van der Waals surface area (Å²) in [7, 11) is -1.54. The summed E-state index contributed by atoms with van der Waals surface area (Å²) in [5.74, 6) is 1.53. The number of guanidine groups is 1. The van der Waals surface area contributed by atoms with Gasteiger partial charge in [0.05, 0.1) is 13.1 Å². The summed E-state index contributed by atoms with van der Waals surface area (Å²) in [4.78, 5) is 6.47. The molecule has 0 bridgehead atoms. The molecular weight excluding hydrogens is 396 g/mol. The van der Waals surface area contributed by atoms with Crippen molar-refractivity contribution in [1.82, 2.24) is 14.9 Å². The number of para-hydroxylation sites is 1. The molecule has 0 amide bonds. The van der Waals surface area contributed by atoms with E-state index < -0.39 is 10.0 Å². The van der Waals surface area contributed by atoms with Crippen molar-refractivity contribution in [3.05, 3.63) is 53.6 Å². The van der Waals surface area contributed by atoms with Crippen LogP contribution >= 0.6 is 11.3 Å². The van der Waals surface area contributed by atoms with Crippen LogP contribution in [0.1, 0.15) is 12.7 Å². The van der Waals surface area contributed by atoms with E-state index in [1.165, 1.54) is 11.3 Å². The Bertz CT molecular complexity index is 994. The van der Waals surface area contributed by atoms with E-state index in [0.717, 1.165) is 16.7 Å². The van der Waals surface area contributed by atoms with Crippen molar-refractivity contribution in [2.24, 2.45) is 4.99 Å². The van der Waals surface area contributed by atoms with E-state index in [-0.39, 0.29) is 6.54 Å². The van der Waals surface area contributed by atoms with Crippen LogP contribution in [0.3, 0.4) is 0 Å². The molecule has 0 saturated carbocycles. The summed E-state index contributed by atoms with van der Waals surface area (Å²) in [6, 6.07) is 13.2. The molecule has 1 aromatic carbocycles. The van der Waals surface area contributed by atoms with Crippen LogP contribution in [0.2, 0.25) is 0 Å². The molecule has 2 heterocycles. The number of rotatable bonds is 8. The Labute approximate surface area is 169 Å². The van der Waals surface area contributed by atoms with Gasteiger partial charge in [0, 0.05) is 25.5 Å². The van der Waals surface area contributed by atoms with Crippen molar-refractivity contribution in [2.45, 2.75) is 17.7 Å². The number of nitrogens with zero attached hydrogens (tertiary/aromatic N) is 2. The van der Waals surface area contributed by atoms with Crippen LogP contribution in [0.25, 0.3) is 11.0 Å². The third-order valence-corrected chi connectivity index (χ3v) is 6.85. The first-order chi connectivity index (χ1) is 13.5. The Kier molecular flexibility index (Phi) is 6.71. The van der Waals surface area contributed by atoms with Gasteiger partial charge >= 0.3 is 0 Å². The molecule has 2 aromatic heterocycles. The molecule has 0 saturated heterocycles. The molecule has 0 aliphatic carbocycles. The SMILES string of the molecule is CCNC(=NCCNS(=O)(=O)c1cccs1)N(C)Cc1cc2ccccc2o1. The van der Waals surface area contributed by atoms with Crippen molar-refractivity contribution in [1.29, 1.82) is 0 Å². The molecule has 7 nitrogen and oxygen atoms in total. The van der Waals surface area contributed by atoms with Gasteiger partial charge in [-0.3, -0.25) is 4.99 Å². The van der Waals surface area contributed by atoms with Gasteiger partial charge < -0.3 is 14.6 Å². The predicted molar refractivity (Wildman–Crippen MR) is 113 cm³/mol. The normalized spacial score (nSPS) is 12.4. The van der Waals surface area contributed by atoms with Crippen LogP contribution in [-0.4, -0.2) is 46.0 Å².